The summed E-state index contributed by atoms with van der Waals surface area (Å²) >= 11 is 0. The number of alkyl halides is 3. The highest BCUT2D eigenvalue weighted by atomic mass is 19.4. The number of likely N-dealkylation sites (tertiary alicyclic amines) is 2. The summed E-state index contributed by atoms with van der Waals surface area (Å²) in [5.74, 6) is -2.27. The molecule has 2 rings (SSSR count). The standard InChI is InChI=1S/C18H27F3N2O3/c1-13(2)4-8-22-9-6-17(7-10-22)12-23(11-14(17)16(25)26)15(24)3-5-18(19,20)21/h4,14H,3,5-12H2,1-2H3,(H,25,26). The summed E-state index contributed by atoms with van der Waals surface area (Å²) < 4.78 is 37.1. The molecular weight excluding hydrogens is 349 g/mol. The lowest BCUT2D eigenvalue weighted by atomic mass is 9.71. The van der Waals surface area contributed by atoms with Gasteiger partial charge in [-0.2, -0.15) is 13.2 Å². The summed E-state index contributed by atoms with van der Waals surface area (Å²) in [5, 5.41) is 9.59. The van der Waals surface area contributed by atoms with Gasteiger partial charge in [-0.3, -0.25) is 14.5 Å². The van der Waals surface area contributed by atoms with Gasteiger partial charge in [0.25, 0.3) is 0 Å². The molecule has 1 amide bonds. The number of hydrogen-bond donors (Lipinski definition) is 1. The van der Waals surface area contributed by atoms with E-state index in [4.69, 9.17) is 0 Å². The lowest BCUT2D eigenvalue weighted by Crippen LogP contribution is -2.46. The Hall–Kier alpha value is -1.57. The molecule has 0 aromatic rings. The second-order valence-electron chi connectivity index (χ2n) is 7.72. The quantitative estimate of drug-likeness (QED) is 0.750. The summed E-state index contributed by atoms with van der Waals surface area (Å²) in [4.78, 5) is 27.4. The number of amides is 1. The van der Waals surface area contributed by atoms with Gasteiger partial charge in [0.2, 0.25) is 5.91 Å². The first-order valence-electron chi connectivity index (χ1n) is 8.95. The lowest BCUT2D eigenvalue weighted by Gasteiger charge is -2.41. The molecule has 0 aromatic carbocycles. The van der Waals surface area contributed by atoms with Gasteiger partial charge in [0.05, 0.1) is 12.3 Å². The third-order valence-electron chi connectivity index (χ3n) is 5.53. The Labute approximate surface area is 151 Å². The van der Waals surface area contributed by atoms with E-state index >= 15 is 0 Å². The van der Waals surface area contributed by atoms with E-state index in [-0.39, 0.29) is 13.1 Å². The Bertz CT molecular complexity index is 563. The van der Waals surface area contributed by atoms with Crippen LogP contribution in [0.5, 0.6) is 0 Å². The second-order valence-corrected chi connectivity index (χ2v) is 7.72. The van der Waals surface area contributed by atoms with Gasteiger partial charge >= 0.3 is 12.1 Å². The number of carbonyl (C=O) groups excluding carboxylic acids is 1. The summed E-state index contributed by atoms with van der Waals surface area (Å²) in [6.07, 6.45) is -2.75. The molecule has 2 saturated heterocycles. The van der Waals surface area contributed by atoms with Crippen LogP contribution in [-0.2, 0) is 9.59 Å². The van der Waals surface area contributed by atoms with E-state index in [1.807, 2.05) is 13.8 Å². The molecule has 0 aliphatic carbocycles. The molecule has 2 heterocycles. The highest BCUT2D eigenvalue weighted by Gasteiger charge is 2.52. The fourth-order valence-corrected chi connectivity index (χ4v) is 3.90. The normalized spacial score (nSPS) is 23.3. The number of hydrogen-bond acceptors (Lipinski definition) is 3. The molecule has 2 aliphatic rings. The monoisotopic (exact) mass is 376 g/mol. The van der Waals surface area contributed by atoms with Crippen LogP contribution in [0.4, 0.5) is 13.2 Å². The van der Waals surface area contributed by atoms with Crippen molar-refractivity contribution in [3.05, 3.63) is 11.6 Å². The summed E-state index contributed by atoms with van der Waals surface area (Å²) in [6.45, 7) is 6.58. The molecule has 2 aliphatic heterocycles. The zero-order valence-electron chi connectivity index (χ0n) is 15.3. The molecule has 1 spiro atoms. The van der Waals surface area contributed by atoms with Gasteiger partial charge in [0.15, 0.2) is 0 Å². The fraction of sp³-hybridized carbons (Fsp3) is 0.778. The molecule has 0 bridgehead atoms. The molecule has 8 heteroatoms. The van der Waals surface area contributed by atoms with Crippen LogP contribution in [0.3, 0.4) is 0 Å². The molecule has 1 N–H and O–H groups in total. The third kappa shape index (κ3) is 5.22. The zero-order valence-corrected chi connectivity index (χ0v) is 15.3. The van der Waals surface area contributed by atoms with E-state index < -0.39 is 42.2 Å². The van der Waals surface area contributed by atoms with Gasteiger partial charge in [0.1, 0.15) is 0 Å². The average molecular weight is 376 g/mol. The zero-order chi connectivity index (χ0) is 19.5. The number of carbonyl (C=O) groups is 2. The van der Waals surface area contributed by atoms with Gasteiger partial charge in [-0.05, 0) is 39.8 Å². The van der Waals surface area contributed by atoms with Crippen molar-refractivity contribution in [2.75, 3.05) is 32.7 Å². The minimum absolute atomic E-state index is 0.0139. The first-order chi connectivity index (χ1) is 12.0. The smallest absolute Gasteiger partial charge is 0.389 e. The lowest BCUT2D eigenvalue weighted by molar-refractivity contribution is -0.149. The van der Waals surface area contributed by atoms with Crippen molar-refractivity contribution < 1.29 is 27.9 Å². The van der Waals surface area contributed by atoms with Crippen molar-refractivity contribution in [1.82, 2.24) is 9.80 Å². The first-order valence-corrected chi connectivity index (χ1v) is 8.95. The van der Waals surface area contributed by atoms with Crippen molar-refractivity contribution in [2.24, 2.45) is 11.3 Å². The maximum atomic E-state index is 12.4. The van der Waals surface area contributed by atoms with Crippen molar-refractivity contribution in [2.45, 2.75) is 45.7 Å². The minimum atomic E-state index is -4.38. The molecule has 5 nitrogen and oxygen atoms in total. The van der Waals surface area contributed by atoms with Crippen LogP contribution in [0.25, 0.3) is 0 Å². The number of allylic oxidation sites excluding steroid dienone is 1. The number of halogens is 3. The average Bonchev–Trinajstić information content (AvgIpc) is 2.91. The van der Waals surface area contributed by atoms with Crippen LogP contribution in [0.15, 0.2) is 11.6 Å². The van der Waals surface area contributed by atoms with Gasteiger partial charge < -0.3 is 10.0 Å². The summed E-state index contributed by atoms with van der Waals surface area (Å²) in [6, 6.07) is 0. The predicted molar refractivity (Wildman–Crippen MR) is 90.5 cm³/mol. The van der Waals surface area contributed by atoms with Gasteiger partial charge in [-0.25, -0.2) is 0 Å². The van der Waals surface area contributed by atoms with Crippen LogP contribution >= 0.6 is 0 Å². The molecule has 148 valence electrons. The van der Waals surface area contributed by atoms with Gasteiger partial charge in [-0.1, -0.05) is 11.6 Å². The molecule has 0 aromatic heterocycles. The minimum Gasteiger partial charge on any atom is -0.481 e. The molecule has 0 radical (unpaired) electrons. The van der Waals surface area contributed by atoms with Crippen LogP contribution in [0.1, 0.15) is 39.5 Å². The van der Waals surface area contributed by atoms with E-state index in [0.29, 0.717) is 12.8 Å². The van der Waals surface area contributed by atoms with Crippen molar-refractivity contribution >= 4 is 11.9 Å². The molecule has 1 unspecified atom stereocenters. The third-order valence-corrected chi connectivity index (χ3v) is 5.53. The predicted octanol–water partition coefficient (Wildman–Crippen LogP) is 2.92. The SMILES string of the molecule is CC(C)=CCN1CCC2(CC1)CN(C(=O)CCC(F)(F)F)CC2C(=O)O. The summed E-state index contributed by atoms with van der Waals surface area (Å²) in [7, 11) is 0. The number of aliphatic carboxylic acids is 1. The van der Waals surface area contributed by atoms with Gasteiger partial charge in [-0.15, -0.1) is 0 Å². The van der Waals surface area contributed by atoms with Crippen molar-refractivity contribution in [3.8, 4) is 0 Å². The molecule has 0 saturated carbocycles. The Morgan fingerprint density at radius 3 is 2.35 bits per heavy atom. The Morgan fingerprint density at radius 1 is 1.23 bits per heavy atom. The van der Waals surface area contributed by atoms with E-state index in [2.05, 4.69) is 11.0 Å². The number of piperidine rings is 1. The molecule has 2 fully saturated rings. The largest absolute Gasteiger partial charge is 0.481 e. The van der Waals surface area contributed by atoms with E-state index in [1.54, 1.807) is 0 Å². The molecule has 1 atom stereocenters. The molecule has 26 heavy (non-hydrogen) atoms. The van der Waals surface area contributed by atoms with Crippen LogP contribution < -0.4 is 0 Å². The maximum absolute atomic E-state index is 12.4. The topological polar surface area (TPSA) is 60.9 Å². The highest BCUT2D eigenvalue weighted by Crippen LogP contribution is 2.45. The van der Waals surface area contributed by atoms with Crippen LogP contribution in [0, 0.1) is 11.3 Å². The number of rotatable bonds is 5. The van der Waals surface area contributed by atoms with Crippen LogP contribution in [0.2, 0.25) is 0 Å². The Balaban J connectivity index is 2.00. The fourth-order valence-electron chi connectivity index (χ4n) is 3.90. The summed E-state index contributed by atoms with van der Waals surface area (Å²) in [5.41, 5.74) is 0.692. The number of nitrogens with zero attached hydrogens (tertiary/aromatic N) is 2. The van der Waals surface area contributed by atoms with Gasteiger partial charge in [0, 0.05) is 31.5 Å². The number of carboxylic acids is 1. The highest BCUT2D eigenvalue weighted by molar-refractivity contribution is 5.79. The van der Waals surface area contributed by atoms with E-state index in [9.17, 15) is 27.9 Å². The van der Waals surface area contributed by atoms with Crippen LogP contribution in [-0.4, -0.2) is 65.7 Å². The van der Waals surface area contributed by atoms with Crippen molar-refractivity contribution in [3.63, 3.8) is 0 Å². The second kappa shape index (κ2) is 7.98. The van der Waals surface area contributed by atoms with Crippen molar-refractivity contribution in [1.29, 1.82) is 0 Å². The Morgan fingerprint density at radius 2 is 1.85 bits per heavy atom. The van der Waals surface area contributed by atoms with E-state index in [1.165, 1.54) is 10.5 Å². The maximum Gasteiger partial charge on any atom is 0.389 e. The molecular formula is C18H27F3N2O3. The number of carboxylic acid groups (broad SMARTS) is 1. The van der Waals surface area contributed by atoms with E-state index in [0.717, 1.165) is 19.6 Å². The first kappa shape index (κ1) is 20.7. The Kier molecular flexibility index (Phi) is 6.37.